The van der Waals surface area contributed by atoms with Gasteiger partial charge in [-0.25, -0.2) is 0 Å². The molecule has 0 saturated carbocycles. The molecule has 2 heterocycles. The molecule has 0 atom stereocenters. The molecule has 146 valence electrons. The quantitative estimate of drug-likeness (QED) is 0.535. The van der Waals surface area contributed by atoms with Gasteiger partial charge in [0.1, 0.15) is 5.75 Å². The van der Waals surface area contributed by atoms with E-state index in [2.05, 4.69) is 72.6 Å². The summed E-state index contributed by atoms with van der Waals surface area (Å²) in [4.78, 5) is 2.40. The highest BCUT2D eigenvalue weighted by Gasteiger charge is 2.36. The van der Waals surface area contributed by atoms with Gasteiger partial charge in [-0.05, 0) is 67.4 Å². The van der Waals surface area contributed by atoms with Crippen LogP contribution in [0, 0.1) is 0 Å². The molecule has 4 heteroatoms. The molecule has 0 bridgehead atoms. The van der Waals surface area contributed by atoms with Crippen LogP contribution in [0.15, 0.2) is 66.7 Å². The number of anilines is 2. The van der Waals surface area contributed by atoms with Gasteiger partial charge in [-0.1, -0.05) is 35.9 Å². The molecular formula is C25H23ClN2O. The maximum atomic E-state index is 6.35. The van der Waals surface area contributed by atoms with Crippen molar-refractivity contribution in [3.63, 3.8) is 0 Å². The Morgan fingerprint density at radius 1 is 1.00 bits per heavy atom. The molecule has 3 aromatic carbocycles. The van der Waals surface area contributed by atoms with Gasteiger partial charge in [-0.2, -0.15) is 0 Å². The zero-order chi connectivity index (χ0) is 20.2. The fourth-order valence-corrected chi connectivity index (χ4v) is 4.62. The van der Waals surface area contributed by atoms with Gasteiger partial charge in [-0.15, -0.1) is 0 Å². The number of hydrogen-bond acceptors (Lipinski definition) is 3. The molecule has 0 fully saturated rings. The van der Waals surface area contributed by atoms with E-state index in [0.29, 0.717) is 5.02 Å². The number of ether oxygens (including phenoxy) is 1. The summed E-state index contributed by atoms with van der Waals surface area (Å²) in [6.45, 7) is 5.22. The van der Waals surface area contributed by atoms with Gasteiger partial charge in [0.15, 0.2) is 0 Å². The highest BCUT2D eigenvalue weighted by Crippen LogP contribution is 2.49. The minimum absolute atomic E-state index is 0.119. The SMILES string of the molecule is COc1ccc(Cl)cc1-c1ccc2c3c1CN(c1ccccc1)C3=CC(C)(C)N2. The van der Waals surface area contributed by atoms with Crippen molar-refractivity contribution in [1.29, 1.82) is 0 Å². The molecule has 0 radical (unpaired) electrons. The third kappa shape index (κ3) is 2.97. The van der Waals surface area contributed by atoms with Crippen LogP contribution >= 0.6 is 11.6 Å². The number of nitrogens with one attached hydrogen (secondary N) is 1. The van der Waals surface area contributed by atoms with Crippen LogP contribution in [0.2, 0.25) is 5.02 Å². The molecule has 3 nitrogen and oxygen atoms in total. The van der Waals surface area contributed by atoms with Crippen LogP contribution in [0.1, 0.15) is 25.0 Å². The Balaban J connectivity index is 1.74. The van der Waals surface area contributed by atoms with Crippen LogP contribution < -0.4 is 15.0 Å². The molecule has 2 aliphatic rings. The molecule has 0 unspecified atom stereocenters. The first-order chi connectivity index (χ1) is 14.0. The van der Waals surface area contributed by atoms with Gasteiger partial charge in [0.2, 0.25) is 0 Å². The maximum Gasteiger partial charge on any atom is 0.126 e. The van der Waals surface area contributed by atoms with Gasteiger partial charge in [0, 0.05) is 39.8 Å². The van der Waals surface area contributed by atoms with Gasteiger partial charge in [0.25, 0.3) is 0 Å². The number of hydrogen-bond donors (Lipinski definition) is 1. The van der Waals surface area contributed by atoms with Crippen molar-refractivity contribution in [3.8, 4) is 16.9 Å². The first kappa shape index (κ1) is 18.1. The van der Waals surface area contributed by atoms with Gasteiger partial charge < -0.3 is 15.0 Å². The van der Waals surface area contributed by atoms with E-state index in [1.807, 2.05) is 18.2 Å². The first-order valence-corrected chi connectivity index (χ1v) is 10.2. The minimum atomic E-state index is -0.119. The largest absolute Gasteiger partial charge is 0.496 e. The van der Waals surface area contributed by atoms with Crippen molar-refractivity contribution in [3.05, 3.63) is 82.9 Å². The number of rotatable bonds is 3. The predicted octanol–water partition coefficient (Wildman–Crippen LogP) is 6.58. The average Bonchev–Trinajstić information content (AvgIpc) is 3.08. The van der Waals surface area contributed by atoms with Crippen molar-refractivity contribution in [2.75, 3.05) is 17.3 Å². The van der Waals surface area contributed by atoms with Crippen LogP contribution in [0.3, 0.4) is 0 Å². The molecule has 3 aromatic rings. The zero-order valence-electron chi connectivity index (χ0n) is 16.8. The van der Waals surface area contributed by atoms with Crippen LogP contribution in [-0.4, -0.2) is 12.6 Å². The first-order valence-electron chi connectivity index (χ1n) is 9.81. The van der Waals surface area contributed by atoms with Gasteiger partial charge >= 0.3 is 0 Å². The smallest absolute Gasteiger partial charge is 0.126 e. The number of methoxy groups -OCH3 is 1. The van der Waals surface area contributed by atoms with Crippen LogP contribution in [0.4, 0.5) is 11.4 Å². The Morgan fingerprint density at radius 3 is 2.55 bits per heavy atom. The monoisotopic (exact) mass is 402 g/mol. The van der Waals surface area contributed by atoms with E-state index in [-0.39, 0.29) is 5.54 Å². The predicted molar refractivity (Wildman–Crippen MR) is 122 cm³/mol. The molecule has 0 saturated heterocycles. The van der Waals surface area contributed by atoms with Crippen molar-refractivity contribution in [2.45, 2.75) is 25.9 Å². The summed E-state index contributed by atoms with van der Waals surface area (Å²) in [5, 5.41) is 4.38. The Labute approximate surface area is 176 Å². The number of benzene rings is 3. The highest BCUT2D eigenvalue weighted by atomic mass is 35.5. The van der Waals surface area contributed by atoms with Crippen molar-refractivity contribution < 1.29 is 4.74 Å². The average molecular weight is 403 g/mol. The normalized spacial score (nSPS) is 16.1. The standard InChI is InChI=1S/C25H23ClN2O/c1-25(2)14-22-24-20(15-28(22)17-7-5-4-6-8-17)18(10-11-21(24)27-25)19-13-16(26)9-12-23(19)29-3/h4-14,27H,15H2,1-3H3. The molecule has 2 aliphatic heterocycles. The lowest BCUT2D eigenvalue weighted by Crippen LogP contribution is -2.33. The molecule has 5 rings (SSSR count). The second kappa shape index (κ2) is 6.57. The van der Waals surface area contributed by atoms with E-state index in [1.54, 1.807) is 7.11 Å². The van der Waals surface area contributed by atoms with E-state index in [4.69, 9.17) is 16.3 Å². The molecular weight excluding hydrogens is 380 g/mol. The molecule has 29 heavy (non-hydrogen) atoms. The lowest BCUT2D eigenvalue weighted by atomic mass is 9.89. The Kier molecular flexibility index (Phi) is 4.11. The molecule has 0 aliphatic carbocycles. The number of para-hydroxylation sites is 1. The van der Waals surface area contributed by atoms with E-state index < -0.39 is 0 Å². The summed E-state index contributed by atoms with van der Waals surface area (Å²) in [6, 6.07) is 20.7. The highest BCUT2D eigenvalue weighted by molar-refractivity contribution is 6.31. The summed E-state index contributed by atoms with van der Waals surface area (Å²) >= 11 is 6.35. The Morgan fingerprint density at radius 2 is 1.79 bits per heavy atom. The van der Waals surface area contributed by atoms with Crippen molar-refractivity contribution >= 4 is 28.7 Å². The van der Waals surface area contributed by atoms with Crippen molar-refractivity contribution in [2.24, 2.45) is 0 Å². The van der Waals surface area contributed by atoms with Crippen molar-refractivity contribution in [1.82, 2.24) is 0 Å². The van der Waals surface area contributed by atoms with E-state index in [0.717, 1.165) is 23.4 Å². The second-order valence-electron chi connectivity index (χ2n) is 8.16. The summed E-state index contributed by atoms with van der Waals surface area (Å²) in [7, 11) is 1.70. The van der Waals surface area contributed by atoms with Gasteiger partial charge in [-0.3, -0.25) is 0 Å². The Bertz CT molecular complexity index is 1140. The number of halogens is 1. The topological polar surface area (TPSA) is 24.5 Å². The van der Waals surface area contributed by atoms with Crippen LogP contribution in [0.5, 0.6) is 5.75 Å². The summed E-state index contributed by atoms with van der Waals surface area (Å²) in [5.41, 5.74) is 8.26. The zero-order valence-corrected chi connectivity index (χ0v) is 17.5. The maximum absolute atomic E-state index is 6.35. The van der Waals surface area contributed by atoms with E-state index in [1.165, 1.54) is 28.2 Å². The lowest BCUT2D eigenvalue weighted by Gasteiger charge is -2.33. The lowest BCUT2D eigenvalue weighted by molar-refractivity contribution is 0.416. The Hall–Kier alpha value is -2.91. The molecule has 0 amide bonds. The summed E-state index contributed by atoms with van der Waals surface area (Å²) in [5.74, 6) is 0.832. The molecule has 1 N–H and O–H groups in total. The molecule has 0 aromatic heterocycles. The number of nitrogens with zero attached hydrogens (tertiary/aromatic N) is 1. The fraction of sp³-hybridized carbons (Fsp3) is 0.200. The third-order valence-corrected chi connectivity index (χ3v) is 5.89. The van der Waals surface area contributed by atoms with Gasteiger partial charge in [0.05, 0.1) is 12.6 Å². The second-order valence-corrected chi connectivity index (χ2v) is 8.59. The van der Waals surface area contributed by atoms with Crippen LogP contribution in [-0.2, 0) is 6.54 Å². The summed E-state index contributed by atoms with van der Waals surface area (Å²) in [6.07, 6.45) is 2.33. The molecule has 0 spiro atoms. The summed E-state index contributed by atoms with van der Waals surface area (Å²) < 4.78 is 5.65. The third-order valence-electron chi connectivity index (χ3n) is 5.65. The van der Waals surface area contributed by atoms with E-state index in [9.17, 15) is 0 Å². The minimum Gasteiger partial charge on any atom is -0.496 e. The fourth-order valence-electron chi connectivity index (χ4n) is 4.44. The van der Waals surface area contributed by atoms with Crippen LogP contribution in [0.25, 0.3) is 16.8 Å². The van der Waals surface area contributed by atoms with E-state index >= 15 is 0 Å².